The number of nitriles is 1. The van der Waals surface area contributed by atoms with Crippen molar-refractivity contribution in [2.45, 2.75) is 6.92 Å². The molecule has 0 aliphatic carbocycles. The average molecular weight is 360 g/mol. The minimum atomic E-state index is 0.169. The van der Waals surface area contributed by atoms with Gasteiger partial charge in [-0.15, -0.1) is 0 Å². The van der Waals surface area contributed by atoms with Crippen LogP contribution in [0.25, 0.3) is 22.4 Å². The molecule has 0 unspecified atom stereocenters. The van der Waals surface area contributed by atoms with E-state index in [-0.39, 0.29) is 11.6 Å². The summed E-state index contributed by atoms with van der Waals surface area (Å²) >= 11 is 0. The normalized spacial score (nSPS) is 10.4. The third-order valence-electron chi connectivity index (χ3n) is 4.02. The highest BCUT2D eigenvalue weighted by molar-refractivity contribution is 5.78. The van der Waals surface area contributed by atoms with Crippen LogP contribution < -0.4 is 4.74 Å². The second kappa shape index (κ2) is 8.84. The van der Waals surface area contributed by atoms with Gasteiger partial charge in [0.25, 0.3) is 0 Å². The third kappa shape index (κ3) is 4.43. The molecule has 136 valence electrons. The molecule has 0 saturated heterocycles. The number of ether oxygens (including phenoxy) is 2. The fraction of sp³-hybridized carbons (Fsp3) is 0.182. The SMILES string of the molecule is CCOCCOc1nc(-c2ccccc2)cc(-c2ccc(O)cc2)c1C#N. The smallest absolute Gasteiger partial charge is 0.232 e. The van der Waals surface area contributed by atoms with Gasteiger partial charge in [-0.05, 0) is 30.7 Å². The summed E-state index contributed by atoms with van der Waals surface area (Å²) in [6.45, 7) is 3.25. The van der Waals surface area contributed by atoms with Gasteiger partial charge in [0.15, 0.2) is 0 Å². The van der Waals surface area contributed by atoms with Crippen LogP contribution in [0.5, 0.6) is 11.6 Å². The van der Waals surface area contributed by atoms with Crippen molar-refractivity contribution in [2.24, 2.45) is 0 Å². The van der Waals surface area contributed by atoms with Gasteiger partial charge in [-0.25, -0.2) is 4.98 Å². The Morgan fingerprint density at radius 1 is 1.00 bits per heavy atom. The van der Waals surface area contributed by atoms with Crippen molar-refractivity contribution in [2.75, 3.05) is 19.8 Å². The summed E-state index contributed by atoms with van der Waals surface area (Å²) in [5.41, 5.74) is 3.51. The van der Waals surface area contributed by atoms with E-state index in [9.17, 15) is 10.4 Å². The second-order valence-electron chi connectivity index (χ2n) is 5.81. The summed E-state index contributed by atoms with van der Waals surface area (Å²) in [6.07, 6.45) is 0. The van der Waals surface area contributed by atoms with E-state index < -0.39 is 0 Å². The van der Waals surface area contributed by atoms with Crippen LogP contribution in [0, 0.1) is 11.3 Å². The number of hydrogen-bond acceptors (Lipinski definition) is 5. The van der Waals surface area contributed by atoms with E-state index in [1.807, 2.05) is 43.3 Å². The molecule has 3 aromatic rings. The Morgan fingerprint density at radius 2 is 1.74 bits per heavy atom. The minimum Gasteiger partial charge on any atom is -0.508 e. The molecular formula is C22H20N2O3. The Balaban J connectivity index is 2.09. The summed E-state index contributed by atoms with van der Waals surface area (Å²) in [6, 6.07) is 20.5. The Hall–Kier alpha value is -3.36. The lowest BCUT2D eigenvalue weighted by molar-refractivity contribution is 0.108. The maximum Gasteiger partial charge on any atom is 0.232 e. The van der Waals surface area contributed by atoms with Crippen LogP contribution >= 0.6 is 0 Å². The molecule has 0 amide bonds. The van der Waals surface area contributed by atoms with E-state index >= 15 is 0 Å². The summed E-state index contributed by atoms with van der Waals surface area (Å²) in [4.78, 5) is 4.57. The van der Waals surface area contributed by atoms with Gasteiger partial charge in [0, 0.05) is 17.7 Å². The lowest BCUT2D eigenvalue weighted by Crippen LogP contribution is -2.09. The second-order valence-corrected chi connectivity index (χ2v) is 5.81. The molecule has 0 bridgehead atoms. The number of benzene rings is 2. The Morgan fingerprint density at radius 3 is 2.41 bits per heavy atom. The molecule has 0 saturated carbocycles. The van der Waals surface area contributed by atoms with Gasteiger partial charge < -0.3 is 14.6 Å². The molecule has 5 nitrogen and oxygen atoms in total. The fourth-order valence-corrected chi connectivity index (χ4v) is 2.70. The molecule has 0 spiro atoms. The number of phenolic OH excluding ortho intramolecular Hbond substituents is 1. The quantitative estimate of drug-likeness (QED) is 0.632. The Labute approximate surface area is 158 Å². The maximum atomic E-state index is 9.73. The van der Waals surface area contributed by atoms with Crippen molar-refractivity contribution in [3.63, 3.8) is 0 Å². The molecule has 5 heteroatoms. The van der Waals surface area contributed by atoms with E-state index in [4.69, 9.17) is 9.47 Å². The van der Waals surface area contributed by atoms with Crippen LogP contribution in [0.1, 0.15) is 12.5 Å². The molecule has 1 N–H and O–H groups in total. The first-order chi connectivity index (χ1) is 13.2. The topological polar surface area (TPSA) is 75.4 Å². The van der Waals surface area contributed by atoms with Crippen molar-refractivity contribution in [1.82, 2.24) is 4.98 Å². The van der Waals surface area contributed by atoms with Crippen molar-refractivity contribution < 1.29 is 14.6 Å². The van der Waals surface area contributed by atoms with Gasteiger partial charge >= 0.3 is 0 Å². The number of aromatic hydroxyl groups is 1. The fourth-order valence-electron chi connectivity index (χ4n) is 2.70. The largest absolute Gasteiger partial charge is 0.508 e. The highest BCUT2D eigenvalue weighted by Gasteiger charge is 2.16. The van der Waals surface area contributed by atoms with Crippen molar-refractivity contribution >= 4 is 0 Å². The monoisotopic (exact) mass is 360 g/mol. The van der Waals surface area contributed by atoms with Crippen molar-refractivity contribution in [3.05, 3.63) is 66.2 Å². The van der Waals surface area contributed by atoms with Crippen LogP contribution in [0.3, 0.4) is 0 Å². The number of rotatable bonds is 7. The van der Waals surface area contributed by atoms with Gasteiger partial charge in [-0.3, -0.25) is 0 Å². The number of aromatic nitrogens is 1. The molecule has 0 atom stereocenters. The maximum absolute atomic E-state index is 9.73. The summed E-state index contributed by atoms with van der Waals surface area (Å²) in [5, 5.41) is 19.3. The van der Waals surface area contributed by atoms with E-state index in [0.29, 0.717) is 36.6 Å². The molecule has 0 aliphatic rings. The molecule has 0 radical (unpaired) electrons. The molecule has 27 heavy (non-hydrogen) atoms. The number of pyridine rings is 1. The predicted molar refractivity (Wildman–Crippen MR) is 103 cm³/mol. The van der Waals surface area contributed by atoms with Crippen LogP contribution in [0.15, 0.2) is 60.7 Å². The zero-order valence-electron chi connectivity index (χ0n) is 15.1. The highest BCUT2D eigenvalue weighted by Crippen LogP contribution is 2.34. The molecule has 1 heterocycles. The third-order valence-corrected chi connectivity index (χ3v) is 4.02. The van der Waals surface area contributed by atoms with Crippen LogP contribution in [-0.4, -0.2) is 29.9 Å². The molecule has 0 fully saturated rings. The minimum absolute atomic E-state index is 0.169. The van der Waals surface area contributed by atoms with Gasteiger partial charge in [0.05, 0.1) is 12.3 Å². The lowest BCUT2D eigenvalue weighted by Gasteiger charge is -2.13. The van der Waals surface area contributed by atoms with E-state index in [2.05, 4.69) is 11.1 Å². The average Bonchev–Trinajstić information content (AvgIpc) is 2.72. The van der Waals surface area contributed by atoms with Crippen LogP contribution in [0.2, 0.25) is 0 Å². The molecule has 0 aliphatic heterocycles. The van der Waals surface area contributed by atoms with Gasteiger partial charge in [-0.1, -0.05) is 42.5 Å². The zero-order chi connectivity index (χ0) is 19.1. The van der Waals surface area contributed by atoms with E-state index in [1.165, 1.54) is 0 Å². The molecule has 3 rings (SSSR count). The van der Waals surface area contributed by atoms with Gasteiger partial charge in [0.1, 0.15) is 24.0 Å². The molecule has 1 aromatic heterocycles. The Kier molecular flexibility index (Phi) is 6.03. The van der Waals surface area contributed by atoms with Crippen molar-refractivity contribution in [1.29, 1.82) is 5.26 Å². The number of phenols is 1. The first kappa shape index (κ1) is 18.4. The number of nitrogens with zero attached hydrogens (tertiary/aromatic N) is 2. The van der Waals surface area contributed by atoms with Crippen LogP contribution in [0.4, 0.5) is 0 Å². The highest BCUT2D eigenvalue weighted by atomic mass is 16.5. The molecular weight excluding hydrogens is 340 g/mol. The summed E-state index contributed by atoms with van der Waals surface area (Å²) in [7, 11) is 0. The standard InChI is InChI=1S/C22H20N2O3/c1-2-26-12-13-27-22-20(15-23)19(16-8-10-18(25)11-9-16)14-21(24-22)17-6-4-3-5-7-17/h3-11,14,25H,2,12-13H2,1H3. The lowest BCUT2D eigenvalue weighted by atomic mass is 9.98. The van der Waals surface area contributed by atoms with Crippen molar-refractivity contribution in [3.8, 4) is 40.1 Å². The van der Waals surface area contributed by atoms with E-state index in [0.717, 1.165) is 11.1 Å². The Bertz CT molecular complexity index is 932. The number of hydrogen-bond donors (Lipinski definition) is 1. The van der Waals surface area contributed by atoms with Crippen LogP contribution in [-0.2, 0) is 4.74 Å². The van der Waals surface area contributed by atoms with Gasteiger partial charge in [0.2, 0.25) is 5.88 Å². The summed E-state index contributed by atoms with van der Waals surface area (Å²) < 4.78 is 11.1. The first-order valence-corrected chi connectivity index (χ1v) is 8.73. The zero-order valence-corrected chi connectivity index (χ0v) is 15.1. The van der Waals surface area contributed by atoms with E-state index in [1.54, 1.807) is 24.3 Å². The summed E-state index contributed by atoms with van der Waals surface area (Å²) in [5.74, 6) is 0.449. The predicted octanol–water partition coefficient (Wildman–Crippen LogP) is 4.41. The molecule has 2 aromatic carbocycles. The first-order valence-electron chi connectivity index (χ1n) is 8.73. The van der Waals surface area contributed by atoms with Gasteiger partial charge in [-0.2, -0.15) is 5.26 Å².